The predicted octanol–water partition coefficient (Wildman–Crippen LogP) is 5.02. The second kappa shape index (κ2) is 8.35. The Labute approximate surface area is 173 Å². The molecule has 4 aromatic rings. The first-order valence-electron chi connectivity index (χ1n) is 7.94. The van der Waals surface area contributed by atoms with Crippen molar-refractivity contribution in [2.24, 2.45) is 0 Å². The molecule has 0 spiro atoms. The summed E-state index contributed by atoms with van der Waals surface area (Å²) in [5.41, 5.74) is 4.71. The van der Waals surface area contributed by atoms with Crippen molar-refractivity contribution in [3.63, 3.8) is 0 Å². The summed E-state index contributed by atoms with van der Waals surface area (Å²) in [4.78, 5) is 19.5. The molecule has 0 amide bonds. The van der Waals surface area contributed by atoms with Gasteiger partial charge >= 0.3 is 5.97 Å². The zero-order valence-electron chi connectivity index (χ0n) is 13.9. The Bertz CT molecular complexity index is 1110. The van der Waals surface area contributed by atoms with E-state index in [4.69, 9.17) is 10.1 Å². The first-order chi connectivity index (χ1) is 12.7. The van der Waals surface area contributed by atoms with Gasteiger partial charge in [-0.25, -0.2) is 21.1 Å². The molecule has 0 saturated carbocycles. The summed E-state index contributed by atoms with van der Waals surface area (Å²) in [5.74, 6) is -0.990. The van der Waals surface area contributed by atoms with Crippen LogP contribution in [-0.4, -0.2) is 21.0 Å². The largest absolute Gasteiger partial charge is 0.477 e. The number of carboxylic acids is 1. The summed E-state index contributed by atoms with van der Waals surface area (Å²) in [6, 6.07) is 18.3. The van der Waals surface area contributed by atoms with Gasteiger partial charge in [0.2, 0.25) is 0 Å². The Hall–Kier alpha value is -2.66. The van der Waals surface area contributed by atoms with Crippen LogP contribution in [0.3, 0.4) is 0 Å². The minimum Gasteiger partial charge on any atom is -0.477 e. The third-order valence-electron chi connectivity index (χ3n) is 3.92. The maximum absolute atomic E-state index is 10.1. The minimum atomic E-state index is -0.990. The molecule has 27 heavy (non-hydrogen) atoms. The van der Waals surface area contributed by atoms with Crippen LogP contribution in [0.15, 0.2) is 60.1 Å². The van der Waals surface area contributed by atoms with Gasteiger partial charge in [-0.1, -0.05) is 41.3 Å². The molecule has 0 saturated heterocycles. The van der Waals surface area contributed by atoms with Gasteiger partial charge in [-0.05, 0) is 35.0 Å². The van der Waals surface area contributed by atoms with Crippen molar-refractivity contribution in [1.82, 2.24) is 9.97 Å². The smallest absolute Gasteiger partial charge is 0.354 e. The second-order valence-electron chi connectivity index (χ2n) is 5.59. The van der Waals surface area contributed by atoms with E-state index in [0.717, 1.165) is 16.1 Å². The van der Waals surface area contributed by atoms with Crippen LogP contribution in [0.5, 0.6) is 0 Å². The fourth-order valence-electron chi connectivity index (χ4n) is 2.78. The van der Waals surface area contributed by atoms with Crippen molar-refractivity contribution in [3.05, 3.63) is 83.0 Å². The molecule has 0 fully saturated rings. The van der Waals surface area contributed by atoms with E-state index < -0.39 is 5.97 Å². The molecule has 1 aliphatic carbocycles. The van der Waals surface area contributed by atoms with E-state index in [1.807, 2.05) is 11.4 Å². The summed E-state index contributed by atoms with van der Waals surface area (Å²) in [5, 5.41) is 11.6. The van der Waals surface area contributed by atoms with Crippen LogP contribution >= 0.6 is 11.3 Å². The zero-order valence-corrected chi connectivity index (χ0v) is 17.1. The molecule has 5 rings (SSSR count). The summed E-state index contributed by atoms with van der Waals surface area (Å²) >= 11 is 1.68. The van der Waals surface area contributed by atoms with Gasteiger partial charge in [0.05, 0.1) is 5.52 Å². The van der Waals surface area contributed by atoms with Crippen LogP contribution in [0, 0.1) is 6.07 Å². The molecular formula is C21H13IrN2O2S-. The normalized spacial score (nSPS) is 10.8. The number of hydrogen-bond donors (Lipinski definition) is 1. The summed E-state index contributed by atoms with van der Waals surface area (Å²) in [6.07, 6.45) is 5.77. The number of aromatic nitrogens is 2. The monoisotopic (exact) mass is 550 g/mol. The van der Waals surface area contributed by atoms with Crippen LogP contribution in [0.1, 0.15) is 21.6 Å². The third kappa shape index (κ3) is 4.03. The average Bonchev–Trinajstić information content (AvgIpc) is 3.34. The number of pyridine rings is 2. The molecule has 3 heterocycles. The van der Waals surface area contributed by atoms with Crippen molar-refractivity contribution < 1.29 is 30.0 Å². The van der Waals surface area contributed by atoms with Gasteiger partial charge in [-0.2, -0.15) is 12.1 Å². The molecule has 0 bridgehead atoms. The second-order valence-corrected chi connectivity index (χ2v) is 6.50. The Balaban J connectivity index is 0.000000181. The molecule has 0 unspecified atom stereocenters. The van der Waals surface area contributed by atoms with E-state index in [0.29, 0.717) is 0 Å². The Morgan fingerprint density at radius 1 is 1.07 bits per heavy atom. The Kier molecular flexibility index (Phi) is 5.91. The van der Waals surface area contributed by atoms with Crippen LogP contribution in [0.2, 0.25) is 0 Å². The number of rotatable bonds is 2. The van der Waals surface area contributed by atoms with E-state index in [-0.39, 0.29) is 25.8 Å². The number of benzene rings is 1. The van der Waals surface area contributed by atoms with Gasteiger partial charge in [-0.3, -0.25) is 0 Å². The fraction of sp³-hybridized carbons (Fsp3) is 0. The van der Waals surface area contributed by atoms with Crippen molar-refractivity contribution in [1.29, 1.82) is 0 Å². The van der Waals surface area contributed by atoms with E-state index in [9.17, 15) is 4.79 Å². The predicted molar refractivity (Wildman–Crippen MR) is 104 cm³/mol. The molecular weight excluding hydrogens is 537 g/mol. The van der Waals surface area contributed by atoms with Gasteiger partial charge in [-0.15, -0.1) is 5.38 Å². The van der Waals surface area contributed by atoms with Crippen LogP contribution < -0.4 is 0 Å². The SMILES string of the molecule is O=C(O)c1ccccn1.[Ir].[c-]1ccsc1-c1cc2c3c(cccc3n1)C=C2. The van der Waals surface area contributed by atoms with Gasteiger partial charge in [0.1, 0.15) is 5.69 Å². The molecule has 1 radical (unpaired) electrons. The van der Waals surface area contributed by atoms with E-state index in [1.165, 1.54) is 28.8 Å². The first kappa shape index (κ1) is 19.1. The average molecular weight is 550 g/mol. The fourth-order valence-corrected chi connectivity index (χ4v) is 3.42. The van der Waals surface area contributed by atoms with Crippen molar-refractivity contribution in [2.75, 3.05) is 0 Å². The van der Waals surface area contributed by atoms with Crippen LogP contribution in [0.25, 0.3) is 33.6 Å². The van der Waals surface area contributed by atoms with Crippen LogP contribution in [0.4, 0.5) is 0 Å². The summed E-state index contributed by atoms with van der Waals surface area (Å²) in [7, 11) is 0. The van der Waals surface area contributed by atoms with E-state index in [1.54, 1.807) is 23.5 Å². The molecule has 135 valence electrons. The van der Waals surface area contributed by atoms with E-state index >= 15 is 0 Å². The zero-order chi connectivity index (χ0) is 17.9. The maximum Gasteiger partial charge on any atom is 0.354 e. The molecule has 1 aromatic carbocycles. The number of aromatic carboxylic acids is 1. The molecule has 0 atom stereocenters. The summed E-state index contributed by atoms with van der Waals surface area (Å²) < 4.78 is 0. The minimum absolute atomic E-state index is 0. The Morgan fingerprint density at radius 3 is 2.59 bits per heavy atom. The van der Waals surface area contributed by atoms with E-state index in [2.05, 4.69) is 47.5 Å². The van der Waals surface area contributed by atoms with Gasteiger partial charge in [0, 0.05) is 31.7 Å². The summed E-state index contributed by atoms with van der Waals surface area (Å²) in [6.45, 7) is 0. The van der Waals surface area contributed by atoms with Crippen molar-refractivity contribution in [3.8, 4) is 10.6 Å². The molecule has 1 N–H and O–H groups in total. The maximum atomic E-state index is 10.1. The number of hydrogen-bond acceptors (Lipinski definition) is 4. The van der Waals surface area contributed by atoms with Crippen LogP contribution in [-0.2, 0) is 20.1 Å². The molecule has 0 aliphatic heterocycles. The standard InChI is InChI=1S/C15H8NS.C6H5NO2.Ir/c1-3-10-6-7-11-9-13(14-5-2-8-17-14)16-12(4-1)15(10)11;8-6(9)5-3-1-2-4-7-5;/h1-4,6-9H;1-4H,(H,8,9);/q-1;;. The molecule has 4 nitrogen and oxygen atoms in total. The topological polar surface area (TPSA) is 63.1 Å². The first-order valence-corrected chi connectivity index (χ1v) is 8.82. The Morgan fingerprint density at radius 2 is 1.93 bits per heavy atom. The quantitative estimate of drug-likeness (QED) is 0.314. The number of carbonyl (C=O) groups is 1. The number of nitrogens with zero attached hydrogens (tertiary/aromatic N) is 2. The number of carboxylic acid groups (broad SMARTS) is 1. The van der Waals surface area contributed by atoms with Crippen molar-refractivity contribution >= 4 is 40.4 Å². The van der Waals surface area contributed by atoms with Crippen molar-refractivity contribution in [2.45, 2.75) is 0 Å². The van der Waals surface area contributed by atoms with Gasteiger partial charge in [0.25, 0.3) is 0 Å². The number of thiophene rings is 1. The molecule has 3 aromatic heterocycles. The van der Waals surface area contributed by atoms with Gasteiger partial charge in [0.15, 0.2) is 0 Å². The van der Waals surface area contributed by atoms with Gasteiger partial charge < -0.3 is 10.1 Å². The molecule has 1 aliphatic rings. The molecule has 6 heteroatoms. The third-order valence-corrected chi connectivity index (χ3v) is 4.76.